The van der Waals surface area contributed by atoms with Gasteiger partial charge in [0, 0.05) is 11.7 Å². The molecule has 13 heavy (non-hydrogen) atoms. The summed E-state index contributed by atoms with van der Waals surface area (Å²) in [5, 5.41) is 8.65. The SMILES string of the molecule is C[C@@H](N)c1ccc(C(=O)O)cc1N. The van der Waals surface area contributed by atoms with Crippen LogP contribution in [-0.4, -0.2) is 11.1 Å². The Morgan fingerprint density at radius 3 is 2.54 bits per heavy atom. The van der Waals surface area contributed by atoms with E-state index in [9.17, 15) is 4.79 Å². The van der Waals surface area contributed by atoms with Gasteiger partial charge in [0.1, 0.15) is 0 Å². The minimum Gasteiger partial charge on any atom is -0.478 e. The van der Waals surface area contributed by atoms with E-state index >= 15 is 0 Å². The molecule has 0 fully saturated rings. The van der Waals surface area contributed by atoms with Crippen LogP contribution in [0.4, 0.5) is 5.69 Å². The second kappa shape index (κ2) is 3.45. The molecule has 4 nitrogen and oxygen atoms in total. The highest BCUT2D eigenvalue weighted by molar-refractivity contribution is 5.89. The third-order valence-electron chi connectivity index (χ3n) is 1.82. The fourth-order valence-corrected chi connectivity index (χ4v) is 1.12. The van der Waals surface area contributed by atoms with E-state index in [-0.39, 0.29) is 11.6 Å². The maximum absolute atomic E-state index is 10.5. The predicted molar refractivity (Wildman–Crippen MR) is 50.4 cm³/mol. The maximum atomic E-state index is 10.5. The minimum absolute atomic E-state index is 0.178. The van der Waals surface area contributed by atoms with Crippen molar-refractivity contribution in [3.8, 4) is 0 Å². The number of carboxylic acids is 1. The van der Waals surface area contributed by atoms with Gasteiger partial charge in [0.05, 0.1) is 5.56 Å². The number of carbonyl (C=O) groups is 1. The molecular weight excluding hydrogens is 168 g/mol. The fourth-order valence-electron chi connectivity index (χ4n) is 1.12. The summed E-state index contributed by atoms with van der Waals surface area (Å²) in [6, 6.07) is 4.38. The molecule has 0 saturated heterocycles. The zero-order chi connectivity index (χ0) is 10.0. The average Bonchev–Trinajstić information content (AvgIpc) is 2.03. The van der Waals surface area contributed by atoms with Crippen molar-refractivity contribution in [1.29, 1.82) is 0 Å². The summed E-state index contributed by atoms with van der Waals surface area (Å²) < 4.78 is 0. The second-order valence-electron chi connectivity index (χ2n) is 2.94. The molecule has 0 aliphatic carbocycles. The smallest absolute Gasteiger partial charge is 0.335 e. The van der Waals surface area contributed by atoms with Crippen molar-refractivity contribution >= 4 is 11.7 Å². The van der Waals surface area contributed by atoms with Crippen molar-refractivity contribution in [3.05, 3.63) is 29.3 Å². The van der Waals surface area contributed by atoms with E-state index in [2.05, 4.69) is 0 Å². The van der Waals surface area contributed by atoms with Gasteiger partial charge in [-0.2, -0.15) is 0 Å². The molecule has 1 aromatic carbocycles. The van der Waals surface area contributed by atoms with Crippen molar-refractivity contribution in [2.45, 2.75) is 13.0 Å². The molecule has 0 radical (unpaired) electrons. The van der Waals surface area contributed by atoms with Crippen molar-refractivity contribution in [2.75, 3.05) is 5.73 Å². The normalized spacial score (nSPS) is 12.5. The number of hydrogen-bond donors (Lipinski definition) is 3. The Bertz CT molecular complexity index is 334. The monoisotopic (exact) mass is 180 g/mol. The summed E-state index contributed by atoms with van der Waals surface area (Å²) in [6.45, 7) is 1.80. The number of anilines is 1. The van der Waals surface area contributed by atoms with Gasteiger partial charge < -0.3 is 16.6 Å². The van der Waals surface area contributed by atoms with Gasteiger partial charge in [-0.05, 0) is 24.6 Å². The first-order chi connectivity index (χ1) is 6.02. The van der Waals surface area contributed by atoms with Gasteiger partial charge in [0.2, 0.25) is 0 Å². The van der Waals surface area contributed by atoms with E-state index in [4.69, 9.17) is 16.6 Å². The van der Waals surface area contributed by atoms with Gasteiger partial charge in [-0.15, -0.1) is 0 Å². The number of aromatic carboxylic acids is 1. The van der Waals surface area contributed by atoms with Crippen LogP contribution in [0.25, 0.3) is 0 Å². The number of hydrogen-bond acceptors (Lipinski definition) is 3. The minimum atomic E-state index is -0.983. The highest BCUT2D eigenvalue weighted by atomic mass is 16.4. The number of rotatable bonds is 2. The van der Waals surface area contributed by atoms with Crippen LogP contribution in [0.1, 0.15) is 28.9 Å². The van der Waals surface area contributed by atoms with Crippen molar-refractivity contribution in [3.63, 3.8) is 0 Å². The summed E-state index contributed by atoms with van der Waals surface area (Å²) in [5.41, 5.74) is 12.6. The first-order valence-corrected chi connectivity index (χ1v) is 3.90. The number of carboxylic acid groups (broad SMARTS) is 1. The van der Waals surface area contributed by atoms with E-state index in [0.29, 0.717) is 5.69 Å². The van der Waals surface area contributed by atoms with Crippen LogP contribution in [0.3, 0.4) is 0 Å². The van der Waals surface area contributed by atoms with Crippen LogP contribution < -0.4 is 11.5 Å². The standard InChI is InChI=1S/C9H12N2O2/c1-5(10)7-3-2-6(9(12)13)4-8(7)11/h2-5H,10-11H2,1H3,(H,12,13)/t5-/m1/s1. The summed E-state index contributed by atoms with van der Waals surface area (Å²) in [7, 11) is 0. The Balaban J connectivity index is 3.13. The summed E-state index contributed by atoms with van der Waals surface area (Å²) in [4.78, 5) is 10.5. The molecule has 0 amide bonds. The zero-order valence-electron chi connectivity index (χ0n) is 7.32. The molecule has 0 aromatic heterocycles. The Morgan fingerprint density at radius 2 is 2.15 bits per heavy atom. The molecule has 0 aliphatic heterocycles. The lowest BCUT2D eigenvalue weighted by atomic mass is 10.0. The summed E-state index contributed by atoms with van der Waals surface area (Å²) in [5.74, 6) is -0.983. The molecule has 0 spiro atoms. The van der Waals surface area contributed by atoms with Gasteiger partial charge in [0.25, 0.3) is 0 Å². The molecule has 0 unspecified atom stereocenters. The number of benzene rings is 1. The maximum Gasteiger partial charge on any atom is 0.335 e. The third-order valence-corrected chi connectivity index (χ3v) is 1.82. The lowest BCUT2D eigenvalue weighted by Crippen LogP contribution is -2.09. The lowest BCUT2D eigenvalue weighted by molar-refractivity contribution is 0.0697. The molecule has 1 aromatic rings. The van der Waals surface area contributed by atoms with E-state index in [1.165, 1.54) is 12.1 Å². The van der Waals surface area contributed by atoms with Crippen molar-refractivity contribution in [1.82, 2.24) is 0 Å². The van der Waals surface area contributed by atoms with Gasteiger partial charge in [-0.3, -0.25) is 0 Å². The topological polar surface area (TPSA) is 89.3 Å². The molecule has 4 heteroatoms. The third kappa shape index (κ3) is 1.97. The molecule has 1 atom stereocenters. The van der Waals surface area contributed by atoms with E-state index < -0.39 is 5.97 Å². The first kappa shape index (κ1) is 9.54. The van der Waals surface area contributed by atoms with Gasteiger partial charge in [0.15, 0.2) is 0 Å². The second-order valence-corrected chi connectivity index (χ2v) is 2.94. The molecule has 0 aliphatic rings. The first-order valence-electron chi connectivity index (χ1n) is 3.90. The highest BCUT2D eigenvalue weighted by Crippen LogP contribution is 2.19. The van der Waals surface area contributed by atoms with Gasteiger partial charge >= 0.3 is 5.97 Å². The van der Waals surface area contributed by atoms with E-state index in [1.54, 1.807) is 13.0 Å². The molecule has 70 valence electrons. The van der Waals surface area contributed by atoms with Gasteiger partial charge in [-0.25, -0.2) is 4.79 Å². The Kier molecular flexibility index (Phi) is 2.53. The van der Waals surface area contributed by atoms with Crippen molar-refractivity contribution < 1.29 is 9.90 Å². The number of nitrogens with two attached hydrogens (primary N) is 2. The van der Waals surface area contributed by atoms with Crippen LogP contribution in [0.15, 0.2) is 18.2 Å². The average molecular weight is 180 g/mol. The van der Waals surface area contributed by atoms with Crippen LogP contribution in [0, 0.1) is 0 Å². The summed E-state index contributed by atoms with van der Waals surface area (Å²) >= 11 is 0. The van der Waals surface area contributed by atoms with Crippen LogP contribution in [0.2, 0.25) is 0 Å². The number of nitrogen functional groups attached to an aromatic ring is 1. The predicted octanol–water partition coefficient (Wildman–Crippen LogP) is 0.987. The fraction of sp³-hybridized carbons (Fsp3) is 0.222. The van der Waals surface area contributed by atoms with E-state index in [0.717, 1.165) is 5.56 Å². The Morgan fingerprint density at radius 1 is 1.54 bits per heavy atom. The summed E-state index contributed by atoms with van der Waals surface area (Å²) in [6.07, 6.45) is 0. The molecule has 1 rings (SSSR count). The van der Waals surface area contributed by atoms with Crippen LogP contribution in [0.5, 0.6) is 0 Å². The zero-order valence-corrected chi connectivity index (χ0v) is 7.32. The largest absolute Gasteiger partial charge is 0.478 e. The van der Waals surface area contributed by atoms with Crippen LogP contribution in [-0.2, 0) is 0 Å². The van der Waals surface area contributed by atoms with Crippen molar-refractivity contribution in [2.24, 2.45) is 5.73 Å². The molecule has 5 N–H and O–H groups in total. The van der Waals surface area contributed by atoms with E-state index in [1.807, 2.05) is 0 Å². The quantitative estimate of drug-likeness (QED) is 0.592. The highest BCUT2D eigenvalue weighted by Gasteiger charge is 2.08. The van der Waals surface area contributed by atoms with Crippen LogP contribution >= 0.6 is 0 Å². The van der Waals surface area contributed by atoms with Gasteiger partial charge in [-0.1, -0.05) is 6.07 Å². The Hall–Kier alpha value is -1.55. The Labute approximate surface area is 76.2 Å². The lowest BCUT2D eigenvalue weighted by Gasteiger charge is -2.09. The molecular formula is C9H12N2O2. The molecule has 0 bridgehead atoms. The molecule has 0 heterocycles. The molecule has 0 saturated carbocycles.